The topological polar surface area (TPSA) is 86.6 Å². The minimum atomic E-state index is -4.53. The van der Waals surface area contributed by atoms with Gasteiger partial charge in [0.05, 0.1) is 23.6 Å². The predicted molar refractivity (Wildman–Crippen MR) is 106 cm³/mol. The molecular weight excluding hydrogens is 417 g/mol. The molecule has 0 fully saturated rings. The fourth-order valence-corrected chi connectivity index (χ4v) is 3.08. The van der Waals surface area contributed by atoms with Crippen molar-refractivity contribution in [3.05, 3.63) is 63.9 Å². The van der Waals surface area contributed by atoms with E-state index in [9.17, 15) is 27.6 Å². The van der Waals surface area contributed by atoms with Crippen molar-refractivity contribution in [2.45, 2.75) is 13.1 Å². The van der Waals surface area contributed by atoms with E-state index in [-0.39, 0.29) is 22.6 Å². The van der Waals surface area contributed by atoms with Gasteiger partial charge in [0, 0.05) is 19.7 Å². The molecule has 0 atom stereocenters. The zero-order valence-electron chi connectivity index (χ0n) is 16.7. The van der Waals surface area contributed by atoms with E-state index >= 15 is 0 Å². The molecule has 0 radical (unpaired) electrons. The largest absolute Gasteiger partial charge is 0.496 e. The van der Waals surface area contributed by atoms with Gasteiger partial charge in [-0.25, -0.2) is 0 Å². The summed E-state index contributed by atoms with van der Waals surface area (Å²) in [5, 5.41) is 2.59. The lowest BCUT2D eigenvalue weighted by Gasteiger charge is -2.17. The number of methoxy groups -OCH3 is 1. The van der Waals surface area contributed by atoms with Gasteiger partial charge in [-0.15, -0.1) is 0 Å². The lowest BCUT2D eigenvalue weighted by Crippen LogP contribution is -2.30. The summed E-state index contributed by atoms with van der Waals surface area (Å²) in [5.41, 5.74) is -1.77. The molecule has 2 aromatic carbocycles. The maximum Gasteiger partial charge on any atom is 0.416 e. The van der Waals surface area contributed by atoms with E-state index in [0.717, 1.165) is 31.2 Å². The van der Waals surface area contributed by atoms with Crippen LogP contribution in [0.4, 0.5) is 18.9 Å². The van der Waals surface area contributed by atoms with E-state index in [1.807, 2.05) is 0 Å². The number of fused-ring (bicyclic) bond motifs is 1. The lowest BCUT2D eigenvalue weighted by atomic mass is 10.1. The van der Waals surface area contributed by atoms with Gasteiger partial charge in [0.15, 0.2) is 5.75 Å². The van der Waals surface area contributed by atoms with Gasteiger partial charge in [0.25, 0.3) is 11.5 Å². The van der Waals surface area contributed by atoms with Crippen LogP contribution in [0.3, 0.4) is 0 Å². The first-order valence-electron chi connectivity index (χ1n) is 8.91. The molecule has 1 amide bonds. The molecule has 0 saturated heterocycles. The molecule has 10 heteroatoms. The number of amides is 1. The normalized spacial score (nSPS) is 11.3. The molecule has 3 rings (SSSR count). The number of nitrogens with one attached hydrogen (secondary N) is 1. The van der Waals surface area contributed by atoms with E-state index < -0.39 is 34.7 Å². The molecule has 162 valence electrons. The number of aryl methyl sites for hydroxylation is 1. The van der Waals surface area contributed by atoms with Crippen molar-refractivity contribution in [1.29, 1.82) is 0 Å². The first-order chi connectivity index (χ1) is 14.5. The van der Waals surface area contributed by atoms with E-state index in [2.05, 4.69) is 5.32 Å². The predicted octanol–water partition coefficient (Wildman–Crippen LogP) is 3.74. The molecule has 1 heterocycles. The number of aromatic nitrogens is 1. The van der Waals surface area contributed by atoms with Crippen LogP contribution in [0.2, 0.25) is 0 Å². The third kappa shape index (κ3) is 4.23. The number of halogens is 3. The summed E-state index contributed by atoms with van der Waals surface area (Å²) in [5.74, 6) is -1.77. The van der Waals surface area contributed by atoms with E-state index in [1.165, 1.54) is 18.7 Å². The first kappa shape index (κ1) is 21.9. The Kier molecular flexibility index (Phi) is 5.74. The summed E-state index contributed by atoms with van der Waals surface area (Å²) in [7, 11) is 2.80. The standard InChI is InChI=1S/C21H17F3N2O5/c1-11(27)31-18-16-14(5-4-6-15(16)30-3)26(2)20(29)17(18)19(28)25-13-9-7-12(8-10-13)21(22,23)24/h4-10H,1-3H3,(H,25,28). The Morgan fingerprint density at radius 2 is 1.71 bits per heavy atom. The third-order valence-electron chi connectivity index (χ3n) is 4.50. The first-order valence-corrected chi connectivity index (χ1v) is 8.91. The highest BCUT2D eigenvalue weighted by atomic mass is 19.4. The third-order valence-corrected chi connectivity index (χ3v) is 4.50. The number of carbonyl (C=O) groups is 2. The number of hydrogen-bond donors (Lipinski definition) is 1. The van der Waals surface area contributed by atoms with Crippen LogP contribution in [-0.4, -0.2) is 23.6 Å². The Balaban J connectivity index is 2.16. The van der Waals surface area contributed by atoms with Crippen LogP contribution in [0.5, 0.6) is 11.5 Å². The molecule has 0 unspecified atom stereocenters. The summed E-state index contributed by atoms with van der Waals surface area (Å²) in [6.45, 7) is 1.11. The maximum atomic E-state index is 12.9. The molecule has 3 aromatic rings. The number of benzene rings is 2. The van der Waals surface area contributed by atoms with Gasteiger partial charge in [-0.2, -0.15) is 13.2 Å². The summed E-state index contributed by atoms with van der Waals surface area (Å²) >= 11 is 0. The minimum Gasteiger partial charge on any atom is -0.496 e. The number of nitrogens with zero attached hydrogens (tertiary/aromatic N) is 1. The fraction of sp³-hybridized carbons (Fsp3) is 0.190. The molecule has 0 bridgehead atoms. The molecule has 0 aliphatic rings. The number of pyridine rings is 1. The summed E-state index contributed by atoms with van der Waals surface area (Å²) < 4.78 is 49.9. The second-order valence-electron chi connectivity index (χ2n) is 6.55. The number of hydrogen-bond acceptors (Lipinski definition) is 5. The highest BCUT2D eigenvalue weighted by Gasteiger charge is 2.30. The van der Waals surface area contributed by atoms with Crippen molar-refractivity contribution in [3.63, 3.8) is 0 Å². The van der Waals surface area contributed by atoms with Crippen LogP contribution in [0, 0.1) is 0 Å². The zero-order valence-corrected chi connectivity index (χ0v) is 16.7. The maximum absolute atomic E-state index is 12.9. The molecule has 0 spiro atoms. The molecular formula is C21H17F3N2O5. The Morgan fingerprint density at radius 3 is 2.26 bits per heavy atom. The SMILES string of the molecule is COc1cccc2c1c(OC(C)=O)c(C(=O)Nc1ccc(C(F)(F)F)cc1)c(=O)n2C. The van der Waals surface area contributed by atoms with Gasteiger partial charge >= 0.3 is 12.1 Å². The van der Waals surface area contributed by atoms with Crippen molar-refractivity contribution < 1.29 is 32.2 Å². The fourth-order valence-electron chi connectivity index (χ4n) is 3.08. The van der Waals surface area contributed by atoms with Gasteiger partial charge in [-0.1, -0.05) is 6.07 Å². The van der Waals surface area contributed by atoms with Crippen molar-refractivity contribution in [1.82, 2.24) is 4.57 Å². The minimum absolute atomic E-state index is 0.0222. The number of ether oxygens (including phenoxy) is 2. The van der Waals surface area contributed by atoms with Crippen molar-refractivity contribution in [2.75, 3.05) is 12.4 Å². The van der Waals surface area contributed by atoms with Gasteiger partial charge in [0.1, 0.15) is 11.3 Å². The average Bonchev–Trinajstić information content (AvgIpc) is 2.70. The Bertz CT molecular complexity index is 1230. The van der Waals surface area contributed by atoms with E-state index in [4.69, 9.17) is 9.47 Å². The van der Waals surface area contributed by atoms with Gasteiger partial charge in [-0.05, 0) is 36.4 Å². The highest BCUT2D eigenvalue weighted by Crippen LogP contribution is 2.36. The summed E-state index contributed by atoms with van der Waals surface area (Å²) in [4.78, 5) is 37.6. The van der Waals surface area contributed by atoms with E-state index in [0.29, 0.717) is 5.52 Å². The number of alkyl halides is 3. The zero-order chi connectivity index (χ0) is 22.9. The van der Waals surface area contributed by atoms with Crippen LogP contribution in [-0.2, 0) is 18.0 Å². The number of rotatable bonds is 4. The molecule has 0 aliphatic carbocycles. The number of esters is 1. The highest BCUT2D eigenvalue weighted by molar-refractivity contribution is 6.10. The van der Waals surface area contributed by atoms with Crippen molar-refractivity contribution in [3.8, 4) is 11.5 Å². The molecule has 0 aliphatic heterocycles. The van der Waals surface area contributed by atoms with Crippen LogP contribution < -0.4 is 20.3 Å². The molecule has 7 nitrogen and oxygen atoms in total. The second-order valence-corrected chi connectivity index (χ2v) is 6.55. The molecule has 0 saturated carbocycles. The smallest absolute Gasteiger partial charge is 0.416 e. The number of anilines is 1. The second kappa shape index (κ2) is 8.13. The average molecular weight is 434 g/mol. The lowest BCUT2D eigenvalue weighted by molar-refractivity contribution is -0.137. The Labute approximate surface area is 174 Å². The molecule has 1 aromatic heterocycles. The summed E-state index contributed by atoms with van der Waals surface area (Å²) in [6.07, 6.45) is -4.53. The van der Waals surface area contributed by atoms with Gasteiger partial charge in [-0.3, -0.25) is 14.4 Å². The van der Waals surface area contributed by atoms with Crippen LogP contribution in [0.15, 0.2) is 47.3 Å². The van der Waals surface area contributed by atoms with Crippen LogP contribution >= 0.6 is 0 Å². The van der Waals surface area contributed by atoms with Gasteiger partial charge in [0.2, 0.25) is 0 Å². The van der Waals surface area contributed by atoms with Crippen LogP contribution in [0.1, 0.15) is 22.8 Å². The Morgan fingerprint density at radius 1 is 1.06 bits per heavy atom. The molecule has 1 N–H and O–H groups in total. The van der Waals surface area contributed by atoms with Gasteiger partial charge < -0.3 is 19.4 Å². The van der Waals surface area contributed by atoms with E-state index in [1.54, 1.807) is 18.2 Å². The van der Waals surface area contributed by atoms with Crippen molar-refractivity contribution in [2.24, 2.45) is 7.05 Å². The number of carbonyl (C=O) groups excluding carboxylic acids is 2. The Hall–Kier alpha value is -3.82. The monoisotopic (exact) mass is 434 g/mol. The van der Waals surface area contributed by atoms with Crippen LogP contribution in [0.25, 0.3) is 10.9 Å². The quantitative estimate of drug-likeness (QED) is 0.633. The summed E-state index contributed by atoms with van der Waals surface area (Å²) in [6, 6.07) is 8.48. The molecule has 31 heavy (non-hydrogen) atoms. The van der Waals surface area contributed by atoms with Crippen molar-refractivity contribution >= 4 is 28.5 Å².